The van der Waals surface area contributed by atoms with Crippen LogP contribution in [-0.4, -0.2) is 11.0 Å². The second-order valence-electron chi connectivity index (χ2n) is 6.13. The summed E-state index contributed by atoms with van der Waals surface area (Å²) in [6.07, 6.45) is 2.91. The van der Waals surface area contributed by atoms with Crippen molar-refractivity contribution < 1.29 is 13.9 Å². The van der Waals surface area contributed by atoms with Crippen molar-refractivity contribution in [3.63, 3.8) is 0 Å². The van der Waals surface area contributed by atoms with Crippen LogP contribution in [-0.2, 0) is 11.4 Å². The van der Waals surface area contributed by atoms with Gasteiger partial charge in [-0.2, -0.15) is 0 Å². The highest BCUT2D eigenvalue weighted by molar-refractivity contribution is 7.80. The molecule has 0 fully saturated rings. The van der Waals surface area contributed by atoms with E-state index in [4.69, 9.17) is 17.0 Å². The lowest BCUT2D eigenvalue weighted by Gasteiger charge is -2.10. The summed E-state index contributed by atoms with van der Waals surface area (Å²) in [5, 5.41) is 5.68. The van der Waals surface area contributed by atoms with E-state index >= 15 is 0 Å². The molecule has 4 nitrogen and oxygen atoms in total. The molecule has 3 aromatic carbocycles. The normalized spacial score (nSPS) is 10.5. The highest BCUT2D eigenvalue weighted by Crippen LogP contribution is 2.17. The highest BCUT2D eigenvalue weighted by Gasteiger charge is 2.03. The van der Waals surface area contributed by atoms with Crippen LogP contribution < -0.4 is 15.4 Å². The Hall–Kier alpha value is -3.51. The van der Waals surface area contributed by atoms with Gasteiger partial charge >= 0.3 is 0 Å². The number of hydrogen-bond donors (Lipinski definition) is 2. The third-order valence-electron chi connectivity index (χ3n) is 3.89. The van der Waals surface area contributed by atoms with Gasteiger partial charge in [-0.3, -0.25) is 10.1 Å². The Morgan fingerprint density at radius 1 is 0.966 bits per heavy atom. The predicted octanol–water partition coefficient (Wildman–Crippen LogP) is 4.93. The fourth-order valence-corrected chi connectivity index (χ4v) is 2.66. The minimum Gasteiger partial charge on any atom is -0.489 e. The first-order valence-corrected chi connectivity index (χ1v) is 9.32. The van der Waals surface area contributed by atoms with Crippen LogP contribution in [0.3, 0.4) is 0 Å². The summed E-state index contributed by atoms with van der Waals surface area (Å²) < 4.78 is 18.6. The Balaban J connectivity index is 1.46. The van der Waals surface area contributed by atoms with Gasteiger partial charge in [0.05, 0.1) is 0 Å². The molecule has 0 aromatic heterocycles. The maximum Gasteiger partial charge on any atom is 0.250 e. The number of hydrogen-bond acceptors (Lipinski definition) is 3. The van der Waals surface area contributed by atoms with E-state index in [1.54, 1.807) is 18.2 Å². The van der Waals surface area contributed by atoms with Crippen molar-refractivity contribution in [1.82, 2.24) is 5.32 Å². The summed E-state index contributed by atoms with van der Waals surface area (Å²) in [7, 11) is 0. The quantitative estimate of drug-likeness (QED) is 0.450. The second-order valence-corrected chi connectivity index (χ2v) is 6.54. The van der Waals surface area contributed by atoms with Gasteiger partial charge in [0.2, 0.25) is 5.91 Å². The number of ether oxygens (including phenoxy) is 1. The van der Waals surface area contributed by atoms with Gasteiger partial charge in [-0.1, -0.05) is 42.5 Å². The van der Waals surface area contributed by atoms with Crippen LogP contribution in [0.25, 0.3) is 6.08 Å². The predicted molar refractivity (Wildman–Crippen MR) is 117 cm³/mol. The Morgan fingerprint density at radius 3 is 2.34 bits per heavy atom. The molecule has 3 rings (SSSR count). The molecule has 0 atom stereocenters. The molecular formula is C23H19FN2O2S. The van der Waals surface area contributed by atoms with Crippen LogP contribution in [0.15, 0.2) is 84.9 Å². The number of benzene rings is 3. The third-order valence-corrected chi connectivity index (χ3v) is 4.10. The number of anilines is 1. The number of carbonyl (C=O) groups excluding carboxylic acids is 1. The topological polar surface area (TPSA) is 50.4 Å². The van der Waals surface area contributed by atoms with Crippen molar-refractivity contribution in [2.24, 2.45) is 0 Å². The molecule has 3 aromatic rings. The summed E-state index contributed by atoms with van der Waals surface area (Å²) in [5.41, 5.74) is 2.53. The van der Waals surface area contributed by atoms with Gasteiger partial charge in [0.15, 0.2) is 5.11 Å². The zero-order valence-electron chi connectivity index (χ0n) is 15.5. The molecule has 0 spiro atoms. The molecule has 0 aliphatic carbocycles. The molecule has 1 amide bonds. The molecule has 0 heterocycles. The van der Waals surface area contributed by atoms with Crippen LogP contribution in [0.5, 0.6) is 5.75 Å². The monoisotopic (exact) mass is 406 g/mol. The molecule has 6 heteroatoms. The van der Waals surface area contributed by atoms with E-state index in [1.807, 2.05) is 54.6 Å². The molecule has 146 valence electrons. The fourth-order valence-electron chi connectivity index (χ4n) is 2.44. The van der Waals surface area contributed by atoms with E-state index in [-0.39, 0.29) is 16.8 Å². The number of carbonyl (C=O) groups is 1. The molecule has 0 unspecified atom stereocenters. The average molecular weight is 406 g/mol. The van der Waals surface area contributed by atoms with Crippen molar-refractivity contribution in [2.75, 3.05) is 5.32 Å². The number of rotatable bonds is 6. The molecule has 0 saturated carbocycles. The number of thiocarbonyl (C=S) groups is 1. The molecule has 0 radical (unpaired) electrons. The molecule has 0 saturated heterocycles. The molecule has 29 heavy (non-hydrogen) atoms. The van der Waals surface area contributed by atoms with E-state index in [1.165, 1.54) is 18.2 Å². The molecule has 0 aliphatic heterocycles. The lowest BCUT2D eigenvalue weighted by Crippen LogP contribution is -2.32. The second kappa shape index (κ2) is 10.1. The number of halogens is 1. The summed E-state index contributed by atoms with van der Waals surface area (Å²) in [5.74, 6) is 0.0275. The third kappa shape index (κ3) is 6.86. The van der Waals surface area contributed by atoms with Crippen molar-refractivity contribution in [3.05, 3.63) is 102 Å². The minimum absolute atomic E-state index is 0.178. The molecular weight excluding hydrogens is 387 g/mol. The van der Waals surface area contributed by atoms with E-state index < -0.39 is 0 Å². The lowest BCUT2D eigenvalue weighted by molar-refractivity contribution is -0.115. The van der Waals surface area contributed by atoms with Crippen LogP contribution in [0, 0.1) is 5.82 Å². The standard InChI is InChI=1S/C23H19FN2O2S/c24-19-9-6-17(7-10-19)8-15-22(27)26-23(29)25-20-11-13-21(14-12-20)28-16-18-4-2-1-3-5-18/h1-15H,16H2,(H2,25,26,27,29)/b15-8+. The number of amides is 1. The van der Waals surface area contributed by atoms with Gasteiger partial charge < -0.3 is 10.1 Å². The number of nitrogens with one attached hydrogen (secondary N) is 2. The summed E-state index contributed by atoms with van der Waals surface area (Å²) in [6.45, 7) is 0.489. The zero-order valence-corrected chi connectivity index (χ0v) is 16.3. The SMILES string of the molecule is O=C(/C=C/c1ccc(F)cc1)NC(=S)Nc1ccc(OCc2ccccc2)cc1. The van der Waals surface area contributed by atoms with Gasteiger partial charge in [-0.05, 0) is 65.8 Å². The smallest absolute Gasteiger partial charge is 0.250 e. The van der Waals surface area contributed by atoms with Crippen molar-refractivity contribution in [3.8, 4) is 5.75 Å². The molecule has 0 aliphatic rings. The van der Waals surface area contributed by atoms with Crippen molar-refractivity contribution in [1.29, 1.82) is 0 Å². The highest BCUT2D eigenvalue weighted by atomic mass is 32.1. The Bertz CT molecular complexity index is 988. The summed E-state index contributed by atoms with van der Waals surface area (Å²) >= 11 is 5.15. The Morgan fingerprint density at radius 2 is 1.66 bits per heavy atom. The Labute approximate surface area is 174 Å². The van der Waals surface area contributed by atoms with Gasteiger partial charge in [-0.25, -0.2) is 4.39 Å². The van der Waals surface area contributed by atoms with Gasteiger partial charge in [0.25, 0.3) is 0 Å². The zero-order chi connectivity index (χ0) is 20.5. The largest absolute Gasteiger partial charge is 0.489 e. The van der Waals surface area contributed by atoms with E-state index in [2.05, 4.69) is 10.6 Å². The van der Waals surface area contributed by atoms with E-state index in [0.717, 1.165) is 17.0 Å². The van der Waals surface area contributed by atoms with Crippen molar-refractivity contribution >= 4 is 35.0 Å². The van der Waals surface area contributed by atoms with E-state index in [0.29, 0.717) is 12.2 Å². The van der Waals surface area contributed by atoms with Crippen LogP contribution in [0.2, 0.25) is 0 Å². The van der Waals surface area contributed by atoms with Crippen LogP contribution in [0.1, 0.15) is 11.1 Å². The maximum atomic E-state index is 12.9. The van der Waals surface area contributed by atoms with Gasteiger partial charge in [-0.15, -0.1) is 0 Å². The summed E-state index contributed by atoms with van der Waals surface area (Å²) in [4.78, 5) is 11.9. The van der Waals surface area contributed by atoms with Crippen LogP contribution >= 0.6 is 12.2 Å². The average Bonchev–Trinajstić information content (AvgIpc) is 2.73. The first-order valence-electron chi connectivity index (χ1n) is 8.91. The van der Waals surface area contributed by atoms with Gasteiger partial charge in [0, 0.05) is 11.8 Å². The summed E-state index contributed by atoms with van der Waals surface area (Å²) in [6, 6.07) is 23.0. The maximum absolute atomic E-state index is 12.9. The lowest BCUT2D eigenvalue weighted by atomic mass is 10.2. The first kappa shape index (κ1) is 20.2. The minimum atomic E-state index is -0.380. The fraction of sp³-hybridized carbons (Fsp3) is 0.0435. The van der Waals surface area contributed by atoms with Gasteiger partial charge in [0.1, 0.15) is 18.2 Å². The molecule has 2 N–H and O–H groups in total. The van der Waals surface area contributed by atoms with Crippen LogP contribution in [0.4, 0.5) is 10.1 Å². The first-order chi connectivity index (χ1) is 14.1. The Kier molecular flexibility index (Phi) is 7.08. The van der Waals surface area contributed by atoms with Crippen molar-refractivity contribution in [2.45, 2.75) is 6.61 Å². The van der Waals surface area contributed by atoms with E-state index in [9.17, 15) is 9.18 Å². The molecule has 0 bridgehead atoms.